The first-order valence-electron chi connectivity index (χ1n) is 13.0. The van der Waals surface area contributed by atoms with Crippen molar-refractivity contribution >= 4 is 17.8 Å². The van der Waals surface area contributed by atoms with Crippen LogP contribution in [0.1, 0.15) is 49.9 Å². The van der Waals surface area contributed by atoms with Crippen LogP contribution in [0.3, 0.4) is 0 Å². The van der Waals surface area contributed by atoms with E-state index in [1.807, 2.05) is 18.7 Å². The molecule has 38 heavy (non-hydrogen) atoms. The first kappa shape index (κ1) is 26.1. The summed E-state index contributed by atoms with van der Waals surface area (Å²) >= 11 is 0. The minimum atomic E-state index is -0.483. The third kappa shape index (κ3) is 5.50. The topological polar surface area (TPSA) is 118 Å². The van der Waals surface area contributed by atoms with E-state index in [0.29, 0.717) is 49.1 Å². The van der Waals surface area contributed by atoms with Gasteiger partial charge in [0, 0.05) is 51.1 Å². The molecule has 2 fully saturated rings. The molecule has 0 saturated carbocycles. The summed E-state index contributed by atoms with van der Waals surface area (Å²) < 4.78 is 39.6. The molecule has 3 N–H and O–H groups in total. The van der Waals surface area contributed by atoms with Crippen molar-refractivity contribution in [1.29, 1.82) is 0 Å². The lowest BCUT2D eigenvalue weighted by atomic mass is 9.94. The third-order valence-corrected chi connectivity index (χ3v) is 7.29. The number of ether oxygens (including phenoxy) is 1. The maximum Gasteiger partial charge on any atom is 0.324 e. The van der Waals surface area contributed by atoms with Crippen molar-refractivity contribution in [3.8, 4) is 5.75 Å². The van der Waals surface area contributed by atoms with Gasteiger partial charge < -0.3 is 30.1 Å². The van der Waals surface area contributed by atoms with Crippen molar-refractivity contribution in [3.63, 3.8) is 0 Å². The second kappa shape index (κ2) is 11.1. The van der Waals surface area contributed by atoms with Crippen LogP contribution in [0.2, 0.25) is 0 Å². The van der Waals surface area contributed by atoms with E-state index >= 15 is 0 Å². The molecule has 2 saturated heterocycles. The summed E-state index contributed by atoms with van der Waals surface area (Å²) in [7, 11) is 1.77. The molecule has 2 aromatic heterocycles. The number of piperidine rings is 1. The standard InChI is InChI=1S/C26H34F2N8O2/c1-15(2)23-33-26(38-34-23)35-8-6-16(7-9-35)14-37-22-11-31-25(32-24(22)30-3)36-12-19(21(29)13-36)18-10-17(27)4-5-20(18)28/h4-5,10-11,15-16,19,21H,6-9,12-14,29H2,1-3H3,(H,30,31,32). The molecular weight excluding hydrogens is 494 g/mol. The fraction of sp³-hybridized carbons (Fsp3) is 0.538. The Morgan fingerprint density at radius 1 is 1.16 bits per heavy atom. The van der Waals surface area contributed by atoms with Gasteiger partial charge in [-0.25, -0.2) is 13.8 Å². The molecule has 204 valence electrons. The molecule has 0 bridgehead atoms. The van der Waals surface area contributed by atoms with Gasteiger partial charge in [0.15, 0.2) is 17.4 Å². The number of aromatic nitrogens is 4. The number of halogens is 2. The summed E-state index contributed by atoms with van der Waals surface area (Å²) in [5.74, 6) is 1.61. The summed E-state index contributed by atoms with van der Waals surface area (Å²) in [6.07, 6.45) is 3.53. The van der Waals surface area contributed by atoms with Crippen LogP contribution in [0.15, 0.2) is 28.9 Å². The number of hydrogen-bond acceptors (Lipinski definition) is 10. The minimum absolute atomic E-state index is 0.230. The first-order valence-corrected chi connectivity index (χ1v) is 13.0. The molecule has 0 spiro atoms. The van der Waals surface area contributed by atoms with Gasteiger partial charge in [-0.3, -0.25) is 0 Å². The Morgan fingerprint density at radius 2 is 1.95 bits per heavy atom. The van der Waals surface area contributed by atoms with Gasteiger partial charge in [-0.15, -0.1) is 0 Å². The highest BCUT2D eigenvalue weighted by Gasteiger charge is 2.35. The highest BCUT2D eigenvalue weighted by molar-refractivity contribution is 5.53. The molecule has 2 aliphatic heterocycles. The van der Waals surface area contributed by atoms with Gasteiger partial charge in [-0.2, -0.15) is 9.97 Å². The number of hydrogen-bond donors (Lipinski definition) is 2. The van der Waals surface area contributed by atoms with E-state index in [9.17, 15) is 8.78 Å². The molecule has 1 aromatic carbocycles. The van der Waals surface area contributed by atoms with Crippen molar-refractivity contribution in [2.24, 2.45) is 11.7 Å². The Hall–Kier alpha value is -3.54. The van der Waals surface area contributed by atoms with Crippen molar-refractivity contribution in [2.75, 3.05) is 55.0 Å². The van der Waals surface area contributed by atoms with Gasteiger partial charge in [-0.1, -0.05) is 19.0 Å². The van der Waals surface area contributed by atoms with Crippen molar-refractivity contribution in [3.05, 3.63) is 47.4 Å². The van der Waals surface area contributed by atoms with Crippen LogP contribution in [-0.2, 0) is 0 Å². The average Bonchev–Trinajstić information content (AvgIpc) is 3.57. The minimum Gasteiger partial charge on any atom is -0.488 e. The Kier molecular flexibility index (Phi) is 7.59. The zero-order chi connectivity index (χ0) is 26.8. The molecule has 12 heteroatoms. The first-order chi connectivity index (χ1) is 18.3. The Bertz CT molecular complexity index is 1250. The van der Waals surface area contributed by atoms with Crippen molar-refractivity contribution < 1.29 is 18.0 Å². The SMILES string of the molecule is CNc1nc(N2CC(N)C(c3cc(F)ccc3F)C2)ncc1OCC1CCN(c2nc(C(C)C)no2)CC1. The number of nitrogens with one attached hydrogen (secondary N) is 1. The molecule has 3 aromatic rings. The van der Waals surface area contributed by atoms with Crippen LogP contribution < -0.4 is 25.6 Å². The highest BCUT2D eigenvalue weighted by atomic mass is 19.1. The summed E-state index contributed by atoms with van der Waals surface area (Å²) in [6.45, 7) is 7.09. The second-order valence-electron chi connectivity index (χ2n) is 10.3. The quantitative estimate of drug-likeness (QED) is 0.449. The Morgan fingerprint density at radius 3 is 2.66 bits per heavy atom. The van der Waals surface area contributed by atoms with E-state index in [1.54, 1.807) is 13.2 Å². The van der Waals surface area contributed by atoms with Gasteiger partial charge in [0.05, 0.1) is 12.8 Å². The number of benzene rings is 1. The molecule has 2 aliphatic rings. The van der Waals surface area contributed by atoms with Crippen LogP contribution in [0.25, 0.3) is 0 Å². The van der Waals surface area contributed by atoms with Gasteiger partial charge in [0.1, 0.15) is 11.6 Å². The summed E-state index contributed by atoms with van der Waals surface area (Å²) in [4.78, 5) is 17.6. The maximum atomic E-state index is 14.4. The number of nitrogens with two attached hydrogens (primary N) is 1. The van der Waals surface area contributed by atoms with E-state index < -0.39 is 11.6 Å². The molecule has 4 heterocycles. The van der Waals surface area contributed by atoms with E-state index in [4.69, 9.17) is 15.0 Å². The van der Waals surface area contributed by atoms with Gasteiger partial charge >= 0.3 is 6.01 Å². The zero-order valence-electron chi connectivity index (χ0n) is 21.9. The molecule has 0 aliphatic carbocycles. The fourth-order valence-corrected chi connectivity index (χ4v) is 5.01. The summed E-state index contributed by atoms with van der Waals surface area (Å²) in [6, 6.07) is 3.67. The van der Waals surface area contributed by atoms with Crippen LogP contribution in [0.5, 0.6) is 5.75 Å². The van der Waals surface area contributed by atoms with Crippen LogP contribution >= 0.6 is 0 Å². The Labute approximate surface area is 220 Å². The third-order valence-electron chi connectivity index (χ3n) is 7.29. The van der Waals surface area contributed by atoms with Crippen molar-refractivity contribution in [2.45, 2.75) is 44.6 Å². The van der Waals surface area contributed by atoms with Crippen LogP contribution in [0, 0.1) is 17.6 Å². The molecule has 0 radical (unpaired) electrons. The van der Waals surface area contributed by atoms with Gasteiger partial charge in [0.25, 0.3) is 0 Å². The molecule has 2 atom stereocenters. The molecule has 0 amide bonds. The van der Waals surface area contributed by atoms with Crippen molar-refractivity contribution in [1.82, 2.24) is 20.1 Å². The van der Waals surface area contributed by atoms with E-state index in [0.717, 1.165) is 43.9 Å². The average molecular weight is 529 g/mol. The van der Waals surface area contributed by atoms with E-state index in [2.05, 4.69) is 30.3 Å². The largest absolute Gasteiger partial charge is 0.488 e. The normalized spacial score (nSPS) is 20.4. The number of nitrogens with zero attached hydrogens (tertiary/aromatic N) is 6. The van der Waals surface area contributed by atoms with Crippen LogP contribution in [-0.4, -0.2) is 66.0 Å². The summed E-state index contributed by atoms with van der Waals surface area (Å²) in [5, 5.41) is 7.13. The molecule has 10 nitrogen and oxygen atoms in total. The predicted molar refractivity (Wildman–Crippen MR) is 140 cm³/mol. The van der Waals surface area contributed by atoms with E-state index in [-0.39, 0.29) is 23.4 Å². The number of anilines is 3. The second-order valence-corrected chi connectivity index (χ2v) is 10.3. The molecule has 2 unspecified atom stereocenters. The predicted octanol–water partition coefficient (Wildman–Crippen LogP) is 3.53. The smallest absolute Gasteiger partial charge is 0.324 e. The highest BCUT2D eigenvalue weighted by Crippen LogP contribution is 2.33. The van der Waals surface area contributed by atoms with E-state index in [1.165, 1.54) is 6.07 Å². The lowest BCUT2D eigenvalue weighted by molar-refractivity contribution is 0.220. The van der Waals surface area contributed by atoms with Gasteiger partial charge in [0.2, 0.25) is 5.95 Å². The zero-order valence-corrected chi connectivity index (χ0v) is 21.9. The maximum absolute atomic E-state index is 14.4. The van der Waals surface area contributed by atoms with Gasteiger partial charge in [-0.05, 0) is 42.5 Å². The Balaban J connectivity index is 1.18. The molecule has 5 rings (SSSR count). The van der Waals surface area contributed by atoms with Crippen LogP contribution in [0.4, 0.5) is 26.6 Å². The lowest BCUT2D eigenvalue weighted by Gasteiger charge is -2.30. The number of rotatable bonds is 8. The molecular formula is C26H34F2N8O2. The monoisotopic (exact) mass is 528 g/mol. The fourth-order valence-electron chi connectivity index (χ4n) is 5.01. The summed E-state index contributed by atoms with van der Waals surface area (Å²) in [5.41, 5.74) is 6.58. The lowest BCUT2D eigenvalue weighted by Crippen LogP contribution is -2.35.